The molecule has 31 heavy (non-hydrogen) atoms. The van der Waals surface area contributed by atoms with Gasteiger partial charge in [0.25, 0.3) is 0 Å². The fourth-order valence-corrected chi connectivity index (χ4v) is 2.57. The second-order valence-electron chi connectivity index (χ2n) is 5.94. The Kier molecular flexibility index (Phi) is 18.1. The van der Waals surface area contributed by atoms with Crippen LogP contribution in [0.15, 0.2) is 0 Å². The van der Waals surface area contributed by atoms with Gasteiger partial charge in [-0.1, -0.05) is 0 Å². The van der Waals surface area contributed by atoms with Crippen LogP contribution in [0.5, 0.6) is 0 Å². The molecular weight excluding hydrogens is 488 g/mol. The molecule has 2 aliphatic rings. The van der Waals surface area contributed by atoms with E-state index in [2.05, 4.69) is 0 Å². The molecule has 2 fully saturated rings. The summed E-state index contributed by atoms with van der Waals surface area (Å²) < 4.78 is 49.3. The maximum atomic E-state index is 9.94. The van der Waals surface area contributed by atoms with E-state index in [0.717, 1.165) is 0 Å². The Morgan fingerprint density at radius 3 is 1.61 bits per heavy atom. The van der Waals surface area contributed by atoms with Crippen molar-refractivity contribution in [3.05, 3.63) is 0 Å². The predicted molar refractivity (Wildman–Crippen MR) is 92.1 cm³/mol. The van der Waals surface area contributed by atoms with Crippen molar-refractivity contribution in [2.45, 2.75) is 61.4 Å². The minimum Gasteiger partial charge on any atom is -0.759 e. The molecule has 10 atom stereocenters. The molecule has 0 amide bonds. The molecule has 0 bridgehead atoms. The Morgan fingerprint density at radius 2 is 1.19 bits per heavy atom. The van der Waals surface area contributed by atoms with Crippen molar-refractivity contribution in [1.82, 2.24) is 0 Å². The zero-order chi connectivity index (χ0) is 21.8. The van der Waals surface area contributed by atoms with E-state index in [4.69, 9.17) is 36.8 Å². The Bertz CT molecular complexity index is 567. The zero-order valence-electron chi connectivity index (χ0n) is 15.7. The number of aliphatic hydroxyl groups is 8. The average molecular weight is 514 g/mol. The van der Waals surface area contributed by atoms with E-state index < -0.39 is 85.0 Å². The smallest absolute Gasteiger partial charge is 0.759 e. The van der Waals surface area contributed by atoms with E-state index in [-0.39, 0.29) is 48.7 Å². The molecule has 2 aliphatic heterocycles. The van der Waals surface area contributed by atoms with E-state index >= 15 is 0 Å². The molecule has 17 nitrogen and oxygen atoms in total. The Morgan fingerprint density at radius 1 is 0.742 bits per heavy atom. The van der Waals surface area contributed by atoms with Crippen LogP contribution in [-0.2, 0) is 24.6 Å². The SMILES string of the molecule is O.O.O=S(=O)([O-])[O-].OC[C@H]1O[C@@H](O[C@H]2[C@H](O)[C@@H](O)[C@@H](O)O[C@@H]2CO)[C@H](O)[C@@H](O)[C@H]1O.[Ca+2]. The first-order valence-electron chi connectivity index (χ1n) is 7.75. The van der Waals surface area contributed by atoms with Gasteiger partial charge in [0.2, 0.25) is 0 Å². The minimum absolute atomic E-state index is 0. The standard InChI is InChI=1S/C12H22O11.Ca.H2O4S.2H2O/c13-1-3-5(15)6(16)9(19)12(22-3)23-10-4(2-14)21-11(20)8(18)7(10)17;;1-5(2,3)4;;/h3-20H,1-2H2;;(H2,1,2,3,4);2*1H2/q;+2;;;/p-2/t3-,4-,5+,6+,7-,8-,9-,10-,11+,12+;;;;/m1..../s1. The minimum atomic E-state index is -5.17. The summed E-state index contributed by atoms with van der Waals surface area (Å²) in [5.74, 6) is 0. The summed E-state index contributed by atoms with van der Waals surface area (Å²) >= 11 is 0. The summed E-state index contributed by atoms with van der Waals surface area (Å²) in [5, 5.41) is 76.5. The number of aliphatic hydroxyl groups excluding tert-OH is 8. The van der Waals surface area contributed by atoms with E-state index in [1.54, 1.807) is 0 Å². The van der Waals surface area contributed by atoms with Crippen molar-refractivity contribution in [2.24, 2.45) is 0 Å². The molecule has 0 aliphatic carbocycles. The second-order valence-corrected chi connectivity index (χ2v) is 6.75. The monoisotopic (exact) mass is 514 g/mol. The van der Waals surface area contributed by atoms with Crippen molar-refractivity contribution in [3.8, 4) is 0 Å². The Balaban J connectivity index is -0.000000883. The quantitative estimate of drug-likeness (QED) is 0.0980. The molecule has 0 aromatic heterocycles. The van der Waals surface area contributed by atoms with Crippen LogP contribution < -0.4 is 0 Å². The number of hydrogen-bond donors (Lipinski definition) is 8. The van der Waals surface area contributed by atoms with Gasteiger partial charge in [-0.25, -0.2) is 0 Å². The number of rotatable bonds is 4. The molecule has 0 spiro atoms. The number of ether oxygens (including phenoxy) is 3. The van der Waals surface area contributed by atoms with Crippen LogP contribution in [0, 0.1) is 0 Å². The summed E-state index contributed by atoms with van der Waals surface area (Å²) in [5.41, 5.74) is 0. The van der Waals surface area contributed by atoms with Gasteiger partial charge in [-0.15, -0.1) is 0 Å². The van der Waals surface area contributed by atoms with E-state index in [1.165, 1.54) is 0 Å². The topological polar surface area (TPSA) is 333 Å². The molecule has 2 heterocycles. The molecule has 12 N–H and O–H groups in total. The van der Waals surface area contributed by atoms with Gasteiger partial charge in [-0.2, -0.15) is 0 Å². The van der Waals surface area contributed by atoms with Crippen LogP contribution in [0.25, 0.3) is 0 Å². The van der Waals surface area contributed by atoms with Crippen LogP contribution >= 0.6 is 0 Å². The van der Waals surface area contributed by atoms with Gasteiger partial charge in [-0.3, -0.25) is 8.42 Å². The van der Waals surface area contributed by atoms with E-state index in [0.29, 0.717) is 0 Å². The summed E-state index contributed by atoms with van der Waals surface area (Å²) in [6, 6.07) is 0. The van der Waals surface area contributed by atoms with Crippen LogP contribution in [0.2, 0.25) is 0 Å². The molecule has 19 heteroatoms. The second kappa shape index (κ2) is 15.5. The van der Waals surface area contributed by atoms with Crippen LogP contribution in [0.3, 0.4) is 0 Å². The van der Waals surface area contributed by atoms with Gasteiger partial charge in [0, 0.05) is 10.4 Å². The summed E-state index contributed by atoms with van der Waals surface area (Å²) in [4.78, 5) is 0. The normalized spacial score (nSPS) is 40.2. The zero-order valence-corrected chi connectivity index (χ0v) is 18.8. The van der Waals surface area contributed by atoms with Gasteiger partial charge in [-0.05, 0) is 0 Å². The average Bonchev–Trinajstić information content (AvgIpc) is 2.60. The maximum absolute atomic E-state index is 9.94. The molecule has 0 unspecified atom stereocenters. The first-order chi connectivity index (χ1) is 12.8. The van der Waals surface area contributed by atoms with Crippen LogP contribution in [-0.4, -0.2) is 182 Å². The largest absolute Gasteiger partial charge is 2.00 e. The number of hydrogen-bond acceptors (Lipinski definition) is 15. The van der Waals surface area contributed by atoms with E-state index in [1.807, 2.05) is 0 Å². The van der Waals surface area contributed by atoms with Gasteiger partial charge < -0.3 is 75.1 Å². The molecule has 0 radical (unpaired) electrons. The summed E-state index contributed by atoms with van der Waals surface area (Å²) in [7, 11) is -5.17. The molecule has 0 aromatic carbocycles. The van der Waals surface area contributed by atoms with Crippen LogP contribution in [0.1, 0.15) is 0 Å². The molecular formula is C12H26CaO17S. The molecule has 0 saturated carbocycles. The van der Waals surface area contributed by atoms with Crippen LogP contribution in [0.4, 0.5) is 0 Å². The summed E-state index contributed by atoms with van der Waals surface area (Å²) in [6.07, 6.45) is -15.6. The van der Waals surface area contributed by atoms with Crippen molar-refractivity contribution in [2.75, 3.05) is 13.2 Å². The molecule has 0 aromatic rings. The van der Waals surface area contributed by atoms with Crippen molar-refractivity contribution < 1.29 is 83.5 Å². The van der Waals surface area contributed by atoms with Crippen molar-refractivity contribution >= 4 is 48.1 Å². The third-order valence-electron chi connectivity index (χ3n) is 3.98. The molecule has 2 rings (SSSR count). The first-order valence-corrected chi connectivity index (χ1v) is 9.08. The van der Waals surface area contributed by atoms with Gasteiger partial charge in [0.1, 0.15) is 48.8 Å². The Hall–Kier alpha value is 0.610. The van der Waals surface area contributed by atoms with Crippen molar-refractivity contribution in [3.63, 3.8) is 0 Å². The predicted octanol–water partition coefficient (Wildman–Crippen LogP) is -8.77. The van der Waals surface area contributed by atoms with Gasteiger partial charge >= 0.3 is 37.7 Å². The first kappa shape index (κ1) is 36.2. The Labute approximate surface area is 205 Å². The third-order valence-corrected chi connectivity index (χ3v) is 3.98. The fraction of sp³-hybridized carbons (Fsp3) is 1.00. The van der Waals surface area contributed by atoms with Gasteiger partial charge in [0.15, 0.2) is 12.6 Å². The van der Waals surface area contributed by atoms with E-state index in [9.17, 15) is 35.7 Å². The third kappa shape index (κ3) is 10.6. The summed E-state index contributed by atoms with van der Waals surface area (Å²) in [6.45, 7) is -1.35. The fourth-order valence-electron chi connectivity index (χ4n) is 2.57. The van der Waals surface area contributed by atoms with Crippen molar-refractivity contribution in [1.29, 1.82) is 0 Å². The molecule has 184 valence electrons. The maximum Gasteiger partial charge on any atom is 2.00 e. The molecule has 2 saturated heterocycles. The van der Waals surface area contributed by atoms with Gasteiger partial charge in [0.05, 0.1) is 13.2 Å².